The summed E-state index contributed by atoms with van der Waals surface area (Å²) in [5.74, 6) is 0.0916. The molecule has 0 amide bonds. The van der Waals surface area contributed by atoms with E-state index in [9.17, 15) is 16.8 Å². The van der Waals surface area contributed by atoms with Gasteiger partial charge >= 0.3 is 0 Å². The van der Waals surface area contributed by atoms with Crippen LogP contribution in [0.1, 0.15) is 19.8 Å². The Hall–Kier alpha value is -0.960. The van der Waals surface area contributed by atoms with Gasteiger partial charge in [0.2, 0.25) is 10.0 Å². The summed E-state index contributed by atoms with van der Waals surface area (Å²) >= 11 is 0. The second-order valence-corrected chi connectivity index (χ2v) is 9.73. The molecule has 0 bridgehead atoms. The molecule has 8 heteroatoms. The third-order valence-electron chi connectivity index (χ3n) is 4.03. The van der Waals surface area contributed by atoms with Crippen LogP contribution in [0.25, 0.3) is 0 Å². The Morgan fingerprint density at radius 3 is 2.32 bits per heavy atom. The molecule has 0 radical (unpaired) electrons. The third kappa shape index (κ3) is 3.51. The predicted molar refractivity (Wildman–Crippen MR) is 84.7 cm³/mol. The largest absolute Gasteiger partial charge is 0.328 e. The Labute approximate surface area is 132 Å². The van der Waals surface area contributed by atoms with Gasteiger partial charge in [0.1, 0.15) is 4.90 Å². The van der Waals surface area contributed by atoms with Gasteiger partial charge in [-0.3, -0.25) is 0 Å². The molecular weight excluding hydrogens is 324 g/mol. The first-order valence-electron chi connectivity index (χ1n) is 7.19. The zero-order valence-electron chi connectivity index (χ0n) is 12.8. The SMILES string of the molecule is C[C@H](N)[C@H]1CCCN(S(=O)(=O)c2ccccc2S(C)(=O)=O)C1. The third-order valence-corrected chi connectivity index (χ3v) is 7.24. The van der Waals surface area contributed by atoms with Gasteiger partial charge in [-0.05, 0) is 37.8 Å². The van der Waals surface area contributed by atoms with Crippen LogP contribution in [-0.4, -0.2) is 46.5 Å². The molecule has 1 saturated heterocycles. The molecule has 1 aliphatic rings. The van der Waals surface area contributed by atoms with Crippen LogP contribution >= 0.6 is 0 Å². The second-order valence-electron chi connectivity index (χ2n) is 5.84. The van der Waals surface area contributed by atoms with Crippen molar-refractivity contribution in [3.63, 3.8) is 0 Å². The number of rotatable bonds is 4. The normalized spacial score (nSPS) is 22.4. The van der Waals surface area contributed by atoms with Gasteiger partial charge in [0.05, 0.1) is 4.90 Å². The van der Waals surface area contributed by atoms with E-state index in [1.54, 1.807) is 0 Å². The van der Waals surface area contributed by atoms with Crippen LogP contribution in [-0.2, 0) is 19.9 Å². The monoisotopic (exact) mass is 346 g/mol. The maximum Gasteiger partial charge on any atom is 0.244 e. The lowest BCUT2D eigenvalue weighted by molar-refractivity contribution is 0.243. The molecule has 1 aromatic carbocycles. The van der Waals surface area contributed by atoms with Crippen LogP contribution in [0.5, 0.6) is 0 Å². The highest BCUT2D eigenvalue weighted by molar-refractivity contribution is 7.93. The van der Waals surface area contributed by atoms with Crippen molar-refractivity contribution in [2.24, 2.45) is 11.7 Å². The fraction of sp³-hybridized carbons (Fsp3) is 0.571. The van der Waals surface area contributed by atoms with Crippen LogP contribution in [0, 0.1) is 5.92 Å². The summed E-state index contributed by atoms with van der Waals surface area (Å²) in [6.07, 6.45) is 2.63. The highest BCUT2D eigenvalue weighted by Gasteiger charge is 2.34. The number of hydrogen-bond donors (Lipinski definition) is 1. The topological polar surface area (TPSA) is 97.5 Å². The van der Waals surface area contributed by atoms with Crippen molar-refractivity contribution in [3.8, 4) is 0 Å². The fourth-order valence-corrected chi connectivity index (χ4v) is 5.87. The highest BCUT2D eigenvalue weighted by atomic mass is 32.2. The number of sulfone groups is 1. The first-order chi connectivity index (χ1) is 10.1. The van der Waals surface area contributed by atoms with Gasteiger partial charge in [-0.2, -0.15) is 4.31 Å². The zero-order chi connectivity index (χ0) is 16.5. The van der Waals surface area contributed by atoms with Gasteiger partial charge in [-0.1, -0.05) is 12.1 Å². The molecule has 1 fully saturated rings. The molecule has 2 atom stereocenters. The number of hydrogen-bond acceptors (Lipinski definition) is 5. The summed E-state index contributed by atoms with van der Waals surface area (Å²) in [5.41, 5.74) is 5.89. The summed E-state index contributed by atoms with van der Waals surface area (Å²) in [5, 5.41) is 0. The Kier molecular flexibility index (Phi) is 4.96. The molecule has 1 aliphatic heterocycles. The number of nitrogens with zero attached hydrogens (tertiary/aromatic N) is 1. The summed E-state index contributed by atoms with van der Waals surface area (Å²) < 4.78 is 50.7. The molecule has 6 nitrogen and oxygen atoms in total. The van der Waals surface area contributed by atoms with Crippen LogP contribution < -0.4 is 5.73 Å². The van der Waals surface area contributed by atoms with Gasteiger partial charge in [0.15, 0.2) is 9.84 Å². The Morgan fingerprint density at radius 1 is 1.18 bits per heavy atom. The second kappa shape index (κ2) is 6.27. The van der Waals surface area contributed by atoms with Crippen LogP contribution in [0.4, 0.5) is 0 Å². The maximum atomic E-state index is 12.8. The van der Waals surface area contributed by atoms with Crippen molar-refractivity contribution < 1.29 is 16.8 Å². The molecule has 0 aromatic heterocycles. The van der Waals surface area contributed by atoms with Crippen molar-refractivity contribution >= 4 is 19.9 Å². The fourth-order valence-electron chi connectivity index (χ4n) is 2.73. The number of piperidine rings is 1. The van der Waals surface area contributed by atoms with Crippen LogP contribution in [0.3, 0.4) is 0 Å². The van der Waals surface area contributed by atoms with E-state index >= 15 is 0 Å². The van der Waals surface area contributed by atoms with Crippen molar-refractivity contribution in [2.75, 3.05) is 19.3 Å². The molecule has 2 rings (SSSR count). The molecule has 22 heavy (non-hydrogen) atoms. The van der Waals surface area contributed by atoms with E-state index in [1.807, 2.05) is 6.92 Å². The summed E-state index contributed by atoms with van der Waals surface area (Å²) in [6, 6.07) is 5.64. The number of sulfonamides is 1. The molecule has 0 spiro atoms. The first kappa shape index (κ1) is 17.4. The predicted octanol–water partition coefficient (Wildman–Crippen LogP) is 0.838. The van der Waals surface area contributed by atoms with E-state index in [0.29, 0.717) is 13.1 Å². The van der Waals surface area contributed by atoms with E-state index in [-0.39, 0.29) is 21.8 Å². The summed E-state index contributed by atoms with van der Waals surface area (Å²) in [6.45, 7) is 2.59. The lowest BCUT2D eigenvalue weighted by Crippen LogP contribution is -2.45. The number of nitrogens with two attached hydrogens (primary N) is 1. The molecule has 124 valence electrons. The van der Waals surface area contributed by atoms with Crippen LogP contribution in [0.2, 0.25) is 0 Å². The van der Waals surface area contributed by atoms with Crippen molar-refractivity contribution in [1.82, 2.24) is 4.31 Å². The van der Waals surface area contributed by atoms with E-state index in [1.165, 1.54) is 28.6 Å². The average Bonchev–Trinajstić information content (AvgIpc) is 2.46. The van der Waals surface area contributed by atoms with Gasteiger partial charge < -0.3 is 5.73 Å². The standard InChI is InChI=1S/C14H22N2O4S2/c1-11(15)12-6-5-9-16(10-12)22(19,20)14-8-4-3-7-13(14)21(2,17)18/h3-4,7-8,11-12H,5-6,9-10,15H2,1-2H3/t11-,12-/m0/s1. The van der Waals surface area contributed by atoms with E-state index < -0.39 is 19.9 Å². The van der Waals surface area contributed by atoms with Gasteiger partial charge in [-0.15, -0.1) is 0 Å². The summed E-state index contributed by atoms with van der Waals surface area (Å²) in [4.78, 5) is -0.305. The van der Waals surface area contributed by atoms with Crippen molar-refractivity contribution in [3.05, 3.63) is 24.3 Å². The molecular formula is C14H22N2O4S2. The maximum absolute atomic E-state index is 12.8. The van der Waals surface area contributed by atoms with Gasteiger partial charge in [0, 0.05) is 25.4 Å². The minimum atomic E-state index is -3.84. The smallest absolute Gasteiger partial charge is 0.244 e. The van der Waals surface area contributed by atoms with E-state index in [4.69, 9.17) is 5.73 Å². The summed E-state index contributed by atoms with van der Waals surface area (Å²) in [7, 11) is -7.46. The molecule has 0 unspecified atom stereocenters. The average molecular weight is 346 g/mol. The molecule has 2 N–H and O–H groups in total. The Bertz CT molecular complexity index is 742. The van der Waals surface area contributed by atoms with E-state index in [2.05, 4.69) is 0 Å². The van der Waals surface area contributed by atoms with Crippen molar-refractivity contribution in [2.45, 2.75) is 35.6 Å². The first-order valence-corrected chi connectivity index (χ1v) is 10.5. The molecule has 1 heterocycles. The minimum absolute atomic E-state index is 0.0916. The quantitative estimate of drug-likeness (QED) is 0.871. The van der Waals surface area contributed by atoms with Gasteiger partial charge in [-0.25, -0.2) is 16.8 Å². The lowest BCUT2D eigenvalue weighted by Gasteiger charge is -2.34. The lowest BCUT2D eigenvalue weighted by atomic mass is 9.93. The zero-order valence-corrected chi connectivity index (χ0v) is 14.4. The van der Waals surface area contributed by atoms with Gasteiger partial charge in [0.25, 0.3) is 0 Å². The molecule has 0 saturated carbocycles. The van der Waals surface area contributed by atoms with Crippen LogP contribution in [0.15, 0.2) is 34.1 Å². The number of benzene rings is 1. The molecule has 1 aromatic rings. The molecule has 0 aliphatic carbocycles. The Morgan fingerprint density at radius 2 is 1.77 bits per heavy atom. The minimum Gasteiger partial charge on any atom is -0.328 e. The van der Waals surface area contributed by atoms with Crippen molar-refractivity contribution in [1.29, 1.82) is 0 Å². The Balaban J connectivity index is 2.44. The van der Waals surface area contributed by atoms with E-state index in [0.717, 1.165) is 19.1 Å². The highest BCUT2D eigenvalue weighted by Crippen LogP contribution is 2.28.